The molecule has 0 bridgehead atoms. The van der Waals surface area contributed by atoms with Gasteiger partial charge in [0.25, 0.3) is 0 Å². The van der Waals surface area contributed by atoms with Crippen LogP contribution in [0.15, 0.2) is 218 Å². The molecule has 62 heavy (non-hydrogen) atoms. The zero-order chi connectivity index (χ0) is 41.0. The fourth-order valence-corrected chi connectivity index (χ4v) is 10.2. The van der Waals surface area contributed by atoms with Crippen molar-refractivity contribution in [2.75, 3.05) is 6.54 Å². The third-order valence-electron chi connectivity index (χ3n) is 13.1. The zero-order valence-corrected chi connectivity index (χ0v) is 34.1. The van der Waals surface area contributed by atoms with E-state index in [1.807, 2.05) is 0 Å². The van der Waals surface area contributed by atoms with E-state index >= 15 is 0 Å². The SMILES string of the molecule is C1=CC2=C(NC1)C1(c3ccccc3Oc3ccccc31)c1cc(-c3ccc(-c4cccc(C5NC(c6ccccc6)NC(c6ccc(-c7ccccc7)cc6)N5)c4)cc3)ccc12. The maximum Gasteiger partial charge on any atom is 0.132 e. The van der Waals surface area contributed by atoms with E-state index < -0.39 is 5.41 Å². The molecule has 0 aromatic heterocycles. The summed E-state index contributed by atoms with van der Waals surface area (Å²) in [4.78, 5) is 0. The summed E-state index contributed by atoms with van der Waals surface area (Å²) in [5, 5.41) is 15.4. The van der Waals surface area contributed by atoms with E-state index in [1.54, 1.807) is 0 Å². The molecule has 8 aromatic rings. The highest BCUT2D eigenvalue weighted by molar-refractivity contribution is 5.93. The van der Waals surface area contributed by atoms with Crippen LogP contribution in [0.1, 0.15) is 57.4 Å². The minimum absolute atomic E-state index is 0.0497. The summed E-state index contributed by atoms with van der Waals surface area (Å²) in [7, 11) is 0. The van der Waals surface area contributed by atoms with Gasteiger partial charge >= 0.3 is 0 Å². The maximum atomic E-state index is 6.57. The maximum absolute atomic E-state index is 6.57. The molecule has 0 saturated carbocycles. The van der Waals surface area contributed by atoms with Crippen LogP contribution in [0.25, 0.3) is 39.0 Å². The molecule has 5 heteroatoms. The molecule has 5 nitrogen and oxygen atoms in total. The number of ether oxygens (including phenoxy) is 1. The number of benzene rings is 8. The van der Waals surface area contributed by atoms with Crippen LogP contribution in [0.4, 0.5) is 0 Å². The summed E-state index contributed by atoms with van der Waals surface area (Å²) in [6.45, 7) is 0.788. The number of para-hydroxylation sites is 2. The van der Waals surface area contributed by atoms with Gasteiger partial charge in [-0.05, 0) is 85.5 Å². The highest BCUT2D eigenvalue weighted by Crippen LogP contribution is 2.61. The first-order valence-corrected chi connectivity index (χ1v) is 21.6. The van der Waals surface area contributed by atoms with E-state index in [0.717, 1.165) is 18.0 Å². The average molecular weight is 801 g/mol. The molecule has 4 aliphatic rings. The second-order valence-corrected chi connectivity index (χ2v) is 16.6. The molecule has 3 unspecified atom stereocenters. The normalized spacial score (nSPS) is 19.1. The summed E-state index contributed by atoms with van der Waals surface area (Å²) in [5.74, 6) is 1.80. The lowest BCUT2D eigenvalue weighted by Crippen LogP contribution is -2.54. The van der Waals surface area contributed by atoms with E-state index in [4.69, 9.17) is 4.74 Å². The number of nitrogens with one attached hydrogen (secondary N) is 4. The lowest BCUT2D eigenvalue weighted by Gasteiger charge is -2.41. The Kier molecular flexibility index (Phi) is 8.85. The highest BCUT2D eigenvalue weighted by atomic mass is 16.5. The average Bonchev–Trinajstić information content (AvgIpc) is 3.64. The summed E-state index contributed by atoms with van der Waals surface area (Å²) >= 11 is 0. The number of fused-ring (bicyclic) bond motifs is 8. The second kappa shape index (κ2) is 15.0. The van der Waals surface area contributed by atoms with Gasteiger partial charge in [-0.15, -0.1) is 0 Å². The van der Waals surface area contributed by atoms with Crippen molar-refractivity contribution in [2.45, 2.75) is 23.9 Å². The fourth-order valence-electron chi connectivity index (χ4n) is 10.2. The van der Waals surface area contributed by atoms with Crippen LogP contribution in [0.5, 0.6) is 11.5 Å². The van der Waals surface area contributed by atoms with E-state index in [-0.39, 0.29) is 18.5 Å². The molecule has 0 amide bonds. The van der Waals surface area contributed by atoms with Crippen molar-refractivity contribution in [2.24, 2.45) is 0 Å². The summed E-state index contributed by atoms with van der Waals surface area (Å²) in [5.41, 5.74) is 17.5. The Morgan fingerprint density at radius 3 is 1.56 bits per heavy atom. The van der Waals surface area contributed by atoms with Gasteiger partial charge in [0.05, 0.1) is 23.9 Å². The minimum Gasteiger partial charge on any atom is -0.457 e. The molecular formula is C57H44N4O. The van der Waals surface area contributed by atoms with Gasteiger partial charge in [-0.3, -0.25) is 16.0 Å². The first kappa shape index (κ1) is 36.6. The molecule has 3 aliphatic heterocycles. The Morgan fingerprint density at radius 2 is 0.887 bits per heavy atom. The van der Waals surface area contributed by atoms with Crippen molar-refractivity contribution >= 4 is 5.57 Å². The van der Waals surface area contributed by atoms with Crippen molar-refractivity contribution in [3.05, 3.63) is 257 Å². The van der Waals surface area contributed by atoms with Crippen LogP contribution in [-0.4, -0.2) is 6.54 Å². The number of allylic oxidation sites excluding steroid dienone is 3. The van der Waals surface area contributed by atoms with E-state index in [1.165, 1.54) is 83.6 Å². The van der Waals surface area contributed by atoms with Crippen LogP contribution < -0.4 is 26.0 Å². The third kappa shape index (κ3) is 6.05. The predicted octanol–water partition coefficient (Wildman–Crippen LogP) is 12.2. The molecular weight excluding hydrogens is 757 g/mol. The van der Waals surface area contributed by atoms with Crippen molar-refractivity contribution < 1.29 is 4.74 Å². The first-order chi connectivity index (χ1) is 30.7. The second-order valence-electron chi connectivity index (χ2n) is 16.6. The molecule has 1 fully saturated rings. The van der Waals surface area contributed by atoms with Crippen LogP contribution in [0.2, 0.25) is 0 Å². The summed E-state index contributed by atoms with van der Waals surface area (Å²) in [6, 6.07) is 72.2. The highest BCUT2D eigenvalue weighted by Gasteiger charge is 2.52. The topological polar surface area (TPSA) is 57.4 Å². The van der Waals surface area contributed by atoms with Gasteiger partial charge in [-0.25, -0.2) is 0 Å². The Bertz CT molecular complexity index is 2980. The summed E-state index contributed by atoms with van der Waals surface area (Å²) in [6.07, 6.45) is 4.31. The first-order valence-electron chi connectivity index (χ1n) is 21.6. The van der Waals surface area contributed by atoms with Gasteiger partial charge in [0.1, 0.15) is 11.5 Å². The predicted molar refractivity (Wildman–Crippen MR) is 250 cm³/mol. The monoisotopic (exact) mass is 800 g/mol. The molecule has 0 radical (unpaired) electrons. The number of hydrogen-bond acceptors (Lipinski definition) is 5. The molecule has 3 atom stereocenters. The Labute approximate surface area is 362 Å². The standard InChI is InChI=1S/C57H44N4O/c1-3-13-37(14-4-1)38-28-30-42(31-29-38)55-59-54(41-15-5-2-6-16-41)60-56(61-55)45-18-11-17-43(35-45)39-24-26-40(27-25-39)44-32-33-46-47-19-12-34-58-53(47)57(50(46)36-44)48-20-7-9-22-51(48)62-52-23-10-8-21-49(52)57/h1-33,35-36,54-56,58-61H,34H2. The molecule has 1 aliphatic carbocycles. The number of hydrogen-bond donors (Lipinski definition) is 4. The summed E-state index contributed by atoms with van der Waals surface area (Å²) < 4.78 is 6.57. The van der Waals surface area contributed by atoms with Gasteiger partial charge < -0.3 is 10.1 Å². The number of rotatable bonds is 6. The Balaban J connectivity index is 0.867. The van der Waals surface area contributed by atoms with Gasteiger partial charge in [0.2, 0.25) is 0 Å². The van der Waals surface area contributed by atoms with Gasteiger partial charge in [-0.1, -0.05) is 188 Å². The Morgan fingerprint density at radius 1 is 0.403 bits per heavy atom. The molecule has 298 valence electrons. The van der Waals surface area contributed by atoms with E-state index in [2.05, 4.69) is 234 Å². The third-order valence-corrected chi connectivity index (χ3v) is 13.1. The molecule has 1 spiro atoms. The van der Waals surface area contributed by atoms with Gasteiger partial charge in [0, 0.05) is 28.9 Å². The van der Waals surface area contributed by atoms with Crippen molar-refractivity contribution in [1.29, 1.82) is 0 Å². The van der Waals surface area contributed by atoms with Crippen LogP contribution in [0.3, 0.4) is 0 Å². The molecule has 3 heterocycles. The fraction of sp³-hybridized carbons (Fsp3) is 0.0877. The van der Waals surface area contributed by atoms with E-state index in [9.17, 15) is 0 Å². The number of dihydropyridines is 1. The smallest absolute Gasteiger partial charge is 0.132 e. The minimum atomic E-state index is -0.516. The lowest BCUT2D eigenvalue weighted by atomic mass is 9.67. The Hall–Kier alpha value is -7.28. The largest absolute Gasteiger partial charge is 0.457 e. The van der Waals surface area contributed by atoms with E-state index in [0.29, 0.717) is 0 Å². The van der Waals surface area contributed by atoms with Crippen molar-refractivity contribution in [3.63, 3.8) is 0 Å². The zero-order valence-electron chi connectivity index (χ0n) is 34.1. The van der Waals surface area contributed by atoms with Crippen LogP contribution >= 0.6 is 0 Å². The molecule has 1 saturated heterocycles. The quantitative estimate of drug-likeness (QED) is 0.135. The van der Waals surface area contributed by atoms with Gasteiger partial charge in [-0.2, -0.15) is 0 Å². The van der Waals surface area contributed by atoms with Crippen LogP contribution in [0, 0.1) is 0 Å². The van der Waals surface area contributed by atoms with Crippen molar-refractivity contribution in [1.82, 2.24) is 21.3 Å². The lowest BCUT2D eigenvalue weighted by molar-refractivity contribution is 0.203. The molecule has 8 aromatic carbocycles. The van der Waals surface area contributed by atoms with Crippen molar-refractivity contribution in [3.8, 4) is 44.9 Å². The van der Waals surface area contributed by atoms with Crippen LogP contribution in [-0.2, 0) is 5.41 Å². The molecule has 4 N–H and O–H groups in total. The van der Waals surface area contributed by atoms with Gasteiger partial charge in [0.15, 0.2) is 0 Å². The molecule has 12 rings (SSSR count).